The van der Waals surface area contributed by atoms with Crippen LogP contribution in [0.15, 0.2) is 34.6 Å². The van der Waals surface area contributed by atoms with Crippen LogP contribution < -0.4 is 5.01 Å². The number of Topliss-reactive ketones (excluding diaryl/α,β-unsaturated/α-hetero) is 1. The predicted octanol–water partition coefficient (Wildman–Crippen LogP) is 4.27. The third kappa shape index (κ3) is 3.75. The number of hydrogen-bond donors (Lipinski definition) is 0. The molecule has 2 heterocycles. The van der Waals surface area contributed by atoms with Gasteiger partial charge in [0.15, 0.2) is 5.78 Å². The van der Waals surface area contributed by atoms with E-state index in [2.05, 4.69) is 28.4 Å². The van der Waals surface area contributed by atoms with Crippen molar-refractivity contribution in [2.45, 2.75) is 70.4 Å². The second kappa shape index (κ2) is 8.53. The average Bonchev–Trinajstić information content (AvgIpc) is 3.20. The van der Waals surface area contributed by atoms with Crippen molar-refractivity contribution in [3.8, 4) is 0 Å². The molecule has 7 heteroatoms. The number of aryl methyl sites for hydroxylation is 2. The fourth-order valence-electron chi connectivity index (χ4n) is 4.00. The van der Waals surface area contributed by atoms with Gasteiger partial charge in [-0.15, -0.1) is 10.2 Å². The number of fused-ring (bicyclic) bond motifs is 2. The summed E-state index contributed by atoms with van der Waals surface area (Å²) in [6.07, 6.45) is 8.42. The maximum atomic E-state index is 13.2. The lowest BCUT2D eigenvalue weighted by Crippen LogP contribution is -2.41. The van der Waals surface area contributed by atoms with Gasteiger partial charge in [-0.25, -0.2) is 9.69 Å². The molecule has 0 atom stereocenters. The number of rotatable bonds is 6. The second-order valence-electron chi connectivity index (χ2n) is 7.56. The van der Waals surface area contributed by atoms with Crippen molar-refractivity contribution in [3.63, 3.8) is 0 Å². The van der Waals surface area contributed by atoms with Gasteiger partial charge < -0.3 is 0 Å². The monoisotopic (exact) mass is 410 g/mol. The highest BCUT2D eigenvalue weighted by Crippen LogP contribution is 2.40. The molecule has 1 aliphatic heterocycles. The molecule has 0 N–H and O–H groups in total. The van der Waals surface area contributed by atoms with E-state index in [1.807, 2.05) is 13.8 Å². The zero-order valence-corrected chi connectivity index (χ0v) is 17.8. The maximum Gasteiger partial charge on any atom is 0.246 e. The lowest BCUT2D eigenvalue weighted by atomic mass is 9.89. The first-order chi connectivity index (χ1) is 14.1. The first-order valence-electron chi connectivity index (χ1n) is 10.4. The van der Waals surface area contributed by atoms with Crippen molar-refractivity contribution in [2.75, 3.05) is 5.01 Å². The smallest absolute Gasteiger partial charge is 0.246 e. The Morgan fingerprint density at radius 3 is 2.59 bits per heavy atom. The summed E-state index contributed by atoms with van der Waals surface area (Å²) in [5, 5.41) is 10.3. The molecule has 0 saturated heterocycles. The lowest BCUT2D eigenvalue weighted by Gasteiger charge is -2.32. The van der Waals surface area contributed by atoms with Crippen LogP contribution in [0.2, 0.25) is 0 Å². The van der Waals surface area contributed by atoms with E-state index in [9.17, 15) is 9.59 Å². The van der Waals surface area contributed by atoms with Gasteiger partial charge in [0.2, 0.25) is 11.1 Å². The van der Waals surface area contributed by atoms with Crippen LogP contribution in [0.4, 0.5) is 0 Å². The van der Waals surface area contributed by atoms with Gasteiger partial charge in [0.25, 0.3) is 0 Å². The van der Waals surface area contributed by atoms with Crippen molar-refractivity contribution in [2.24, 2.45) is 0 Å². The molecule has 0 fully saturated rings. The van der Waals surface area contributed by atoms with E-state index in [1.54, 1.807) is 16.0 Å². The van der Waals surface area contributed by atoms with E-state index in [-0.39, 0.29) is 11.7 Å². The Hall–Kier alpha value is -2.41. The third-order valence-corrected chi connectivity index (χ3v) is 6.46. The van der Waals surface area contributed by atoms with E-state index >= 15 is 0 Å². The first kappa shape index (κ1) is 19.9. The number of thioether (sulfide) groups is 1. The van der Waals surface area contributed by atoms with Gasteiger partial charge in [-0.1, -0.05) is 26.0 Å². The number of hydrogen-bond acceptors (Lipinski definition) is 5. The van der Waals surface area contributed by atoms with E-state index < -0.39 is 0 Å². The van der Waals surface area contributed by atoms with Crippen LogP contribution in [0.5, 0.6) is 0 Å². The second-order valence-corrected chi connectivity index (χ2v) is 8.53. The summed E-state index contributed by atoms with van der Waals surface area (Å²) in [6.45, 7) is 3.97. The minimum absolute atomic E-state index is 0.0498. The Kier molecular flexibility index (Phi) is 5.85. The quantitative estimate of drug-likeness (QED) is 0.712. The zero-order chi connectivity index (χ0) is 20.4. The van der Waals surface area contributed by atoms with Crippen molar-refractivity contribution in [1.29, 1.82) is 0 Å². The fraction of sp³-hybridized carbons (Fsp3) is 0.455. The van der Waals surface area contributed by atoms with Crippen molar-refractivity contribution >= 4 is 29.1 Å². The summed E-state index contributed by atoms with van der Waals surface area (Å²) in [5.41, 5.74) is 4.29. The number of aromatic nitrogens is 3. The molecule has 0 radical (unpaired) electrons. The molecule has 0 saturated carbocycles. The minimum Gasteiger partial charge on any atom is -0.294 e. The van der Waals surface area contributed by atoms with Crippen LogP contribution in [0.3, 0.4) is 0 Å². The highest BCUT2D eigenvalue weighted by Gasteiger charge is 2.34. The Morgan fingerprint density at radius 1 is 1.07 bits per heavy atom. The topological polar surface area (TPSA) is 68.1 Å². The first-order valence-corrected chi connectivity index (χ1v) is 11.3. The van der Waals surface area contributed by atoms with Gasteiger partial charge in [0.05, 0.1) is 10.6 Å². The van der Waals surface area contributed by atoms with Gasteiger partial charge in [-0.05, 0) is 67.5 Å². The molecule has 1 aromatic heterocycles. The van der Waals surface area contributed by atoms with Crippen LogP contribution in [0, 0.1) is 0 Å². The van der Waals surface area contributed by atoms with Gasteiger partial charge in [0, 0.05) is 18.4 Å². The number of carbonyl (C=O) groups excluding carboxylic acids is 2. The van der Waals surface area contributed by atoms with Crippen LogP contribution in [0.1, 0.15) is 69.1 Å². The van der Waals surface area contributed by atoms with Crippen LogP contribution >= 0.6 is 11.8 Å². The van der Waals surface area contributed by atoms with Crippen molar-refractivity contribution in [1.82, 2.24) is 14.9 Å². The Balaban J connectivity index is 1.89. The van der Waals surface area contributed by atoms with Gasteiger partial charge >= 0.3 is 0 Å². The minimum atomic E-state index is -0.0524. The molecule has 1 aromatic carbocycles. The summed E-state index contributed by atoms with van der Waals surface area (Å²) < 4.78 is 1.68. The molecule has 0 bridgehead atoms. The summed E-state index contributed by atoms with van der Waals surface area (Å²) in [6, 6.07) is 6.39. The van der Waals surface area contributed by atoms with E-state index in [4.69, 9.17) is 0 Å². The molecule has 1 amide bonds. The van der Waals surface area contributed by atoms with E-state index in [1.165, 1.54) is 35.7 Å². The highest BCUT2D eigenvalue weighted by atomic mass is 32.2. The number of carbonyl (C=O) groups is 2. The van der Waals surface area contributed by atoms with Gasteiger partial charge in [-0.3, -0.25) is 9.59 Å². The molecule has 6 nitrogen and oxygen atoms in total. The Labute approximate surface area is 175 Å². The predicted molar refractivity (Wildman–Crippen MR) is 114 cm³/mol. The lowest BCUT2D eigenvalue weighted by molar-refractivity contribution is -0.119. The molecule has 2 aliphatic rings. The standard InChI is InChI=1S/C22H26N4O2S/c1-3-7-18(27)21-20(17-12-11-15-9-5-6-10-16(15)13-17)26(19(28)8-4-2)25-14-23-24-22(25)29-21/h11-14H,3-10H2,1-2H3. The number of allylic oxidation sites excluding steroid dienone is 1. The molecule has 4 rings (SSSR count). The van der Waals surface area contributed by atoms with Gasteiger partial charge in [0.1, 0.15) is 6.33 Å². The molecule has 29 heavy (non-hydrogen) atoms. The number of ketones is 1. The zero-order valence-electron chi connectivity index (χ0n) is 17.0. The number of nitrogens with zero attached hydrogens (tertiary/aromatic N) is 4. The van der Waals surface area contributed by atoms with Crippen molar-refractivity contribution < 1.29 is 9.59 Å². The fourth-order valence-corrected chi connectivity index (χ4v) is 5.01. The average molecular weight is 411 g/mol. The van der Waals surface area contributed by atoms with E-state index in [0.29, 0.717) is 28.6 Å². The largest absolute Gasteiger partial charge is 0.294 e. The van der Waals surface area contributed by atoms with Crippen molar-refractivity contribution in [3.05, 3.63) is 46.1 Å². The summed E-state index contributed by atoms with van der Waals surface area (Å²) in [7, 11) is 0. The SMILES string of the molecule is CCCC(=O)C1=C(c2ccc3c(c2)CCCC3)N(C(=O)CCC)n2cnnc2S1. The molecule has 1 aliphatic carbocycles. The Bertz CT molecular complexity index is 979. The summed E-state index contributed by atoms with van der Waals surface area (Å²) >= 11 is 1.32. The van der Waals surface area contributed by atoms with Crippen LogP contribution in [0.25, 0.3) is 5.70 Å². The molecule has 0 spiro atoms. The molecule has 0 unspecified atom stereocenters. The van der Waals surface area contributed by atoms with E-state index in [0.717, 1.165) is 31.2 Å². The molecule has 152 valence electrons. The number of amides is 1. The molecular formula is C22H26N4O2S. The number of benzene rings is 1. The van der Waals surface area contributed by atoms with Crippen LogP contribution in [-0.2, 0) is 22.4 Å². The third-order valence-electron chi connectivity index (χ3n) is 5.39. The maximum absolute atomic E-state index is 13.2. The Morgan fingerprint density at radius 2 is 1.83 bits per heavy atom. The van der Waals surface area contributed by atoms with Gasteiger partial charge in [-0.2, -0.15) is 0 Å². The summed E-state index contributed by atoms with van der Waals surface area (Å²) in [4.78, 5) is 26.8. The summed E-state index contributed by atoms with van der Waals surface area (Å²) in [5.74, 6) is -0.00265. The highest BCUT2D eigenvalue weighted by molar-refractivity contribution is 8.04. The molecule has 2 aromatic rings. The molecular weight excluding hydrogens is 384 g/mol. The normalized spacial score (nSPS) is 15.9. The van der Waals surface area contributed by atoms with Crippen LogP contribution in [-0.4, -0.2) is 26.6 Å².